The van der Waals surface area contributed by atoms with E-state index in [1.165, 1.54) is 54.2 Å². The fraction of sp³-hybridized carbons (Fsp3) is 0.167. The summed E-state index contributed by atoms with van der Waals surface area (Å²) in [4.78, 5) is 0. The molecule has 5 aromatic carbocycles. The summed E-state index contributed by atoms with van der Waals surface area (Å²) < 4.78 is 4.56. The van der Waals surface area contributed by atoms with Crippen LogP contribution < -0.4 is 33.4 Å². The minimum absolute atomic E-state index is 0. The van der Waals surface area contributed by atoms with Gasteiger partial charge in [0.2, 0.25) is 6.71 Å². The van der Waals surface area contributed by atoms with E-state index in [1.807, 2.05) is 24.3 Å². The summed E-state index contributed by atoms with van der Waals surface area (Å²) in [5.41, 5.74) is 12.0. The first-order valence-corrected chi connectivity index (χ1v) is 16.6. The van der Waals surface area contributed by atoms with E-state index in [2.05, 4.69) is 184 Å². The Morgan fingerprint density at radius 3 is 1.14 bits per heavy atom. The van der Waals surface area contributed by atoms with Gasteiger partial charge >= 0.3 is 23.1 Å². The van der Waals surface area contributed by atoms with Crippen LogP contribution in [-0.4, -0.2) is 29.8 Å². The van der Waals surface area contributed by atoms with E-state index >= 15 is 0 Å². The Kier molecular flexibility index (Phi) is 18.5. The van der Waals surface area contributed by atoms with Crippen molar-refractivity contribution in [1.29, 1.82) is 0 Å². The van der Waals surface area contributed by atoms with Crippen LogP contribution in [0.5, 0.6) is 0 Å². The van der Waals surface area contributed by atoms with E-state index in [9.17, 15) is 0 Å². The fourth-order valence-electron chi connectivity index (χ4n) is 5.01. The number of halogens is 5. The molecule has 0 aliphatic heterocycles. The Bertz CT molecular complexity index is 1480. The molecule has 0 heterocycles. The molecular formula is C36H34BBr5Mg. The molecule has 0 aromatic heterocycles. The Morgan fingerprint density at radius 2 is 0.814 bits per heavy atom. The van der Waals surface area contributed by atoms with Crippen LogP contribution in [0, 0.1) is 47.6 Å². The minimum atomic E-state index is 0. The van der Waals surface area contributed by atoms with Crippen molar-refractivity contribution >= 4 is 110 Å². The third-order valence-corrected chi connectivity index (χ3v) is 9.53. The maximum Gasteiger partial charge on any atom is 2.00 e. The average Bonchev–Trinajstić information content (AvgIpc) is 2.92. The SMILES string of the molecule is Brc1cc[c-]cc1.Cc1cc(C)c(B(c2ccc(Br)cc2)c2ccc(Br)cc2)c(C)c1.Cc1cc(C)c(Br)c(C)c1.[Br-].[Mg+2]. The molecule has 0 N–H and O–H groups in total. The van der Waals surface area contributed by atoms with Gasteiger partial charge in [0.15, 0.2) is 0 Å². The summed E-state index contributed by atoms with van der Waals surface area (Å²) in [6, 6.07) is 36.8. The van der Waals surface area contributed by atoms with Crippen LogP contribution >= 0.6 is 63.7 Å². The predicted octanol–water partition coefficient (Wildman–Crippen LogP) is 6.90. The van der Waals surface area contributed by atoms with E-state index in [4.69, 9.17) is 0 Å². The summed E-state index contributed by atoms with van der Waals surface area (Å²) in [6.45, 7) is 13.2. The number of hydrogen-bond acceptors (Lipinski definition) is 0. The van der Waals surface area contributed by atoms with Crippen LogP contribution in [0.4, 0.5) is 0 Å². The maximum absolute atomic E-state index is 3.55. The van der Waals surface area contributed by atoms with Crippen LogP contribution in [-0.2, 0) is 0 Å². The predicted molar refractivity (Wildman–Crippen MR) is 201 cm³/mol. The molecule has 0 amide bonds. The Balaban J connectivity index is 0.000000401. The van der Waals surface area contributed by atoms with E-state index in [1.54, 1.807) is 0 Å². The topological polar surface area (TPSA) is 0 Å². The Labute approximate surface area is 319 Å². The summed E-state index contributed by atoms with van der Waals surface area (Å²) in [7, 11) is 0. The zero-order valence-electron chi connectivity index (χ0n) is 25.4. The fourth-order valence-corrected chi connectivity index (χ4v) is 6.03. The molecule has 0 spiro atoms. The molecule has 0 atom stereocenters. The van der Waals surface area contributed by atoms with Gasteiger partial charge in [0, 0.05) is 13.4 Å². The summed E-state index contributed by atoms with van der Waals surface area (Å²) in [5, 5.41) is 0. The van der Waals surface area contributed by atoms with Gasteiger partial charge in [-0.15, -0.1) is 0 Å². The van der Waals surface area contributed by atoms with Gasteiger partial charge in [-0.1, -0.05) is 155 Å². The first-order valence-electron chi connectivity index (χ1n) is 13.4. The molecule has 0 radical (unpaired) electrons. The molecule has 5 aromatic rings. The van der Waals surface area contributed by atoms with E-state index < -0.39 is 0 Å². The van der Waals surface area contributed by atoms with E-state index in [0.29, 0.717) is 0 Å². The van der Waals surface area contributed by atoms with Gasteiger partial charge in [-0.3, -0.25) is 0 Å². The number of aryl methyl sites for hydroxylation is 6. The third kappa shape index (κ3) is 12.6. The number of benzene rings is 5. The first-order chi connectivity index (χ1) is 19.5. The van der Waals surface area contributed by atoms with Crippen LogP contribution in [0.1, 0.15) is 33.4 Å². The summed E-state index contributed by atoms with van der Waals surface area (Å²) in [6.07, 6.45) is 0. The molecule has 0 saturated carbocycles. The average molecular weight is 901 g/mol. The monoisotopic (exact) mass is 896 g/mol. The normalized spacial score (nSPS) is 9.72. The van der Waals surface area contributed by atoms with Crippen molar-refractivity contribution in [3.63, 3.8) is 0 Å². The molecular weight excluding hydrogens is 867 g/mol. The number of hydrogen-bond donors (Lipinski definition) is 0. The van der Waals surface area contributed by atoms with E-state index in [-0.39, 0.29) is 46.7 Å². The Morgan fingerprint density at radius 1 is 0.488 bits per heavy atom. The van der Waals surface area contributed by atoms with Gasteiger partial charge in [0.05, 0.1) is 0 Å². The molecule has 0 aliphatic carbocycles. The van der Waals surface area contributed by atoms with E-state index in [0.717, 1.165) is 13.4 Å². The maximum atomic E-state index is 3.55. The molecule has 218 valence electrons. The molecule has 0 saturated heterocycles. The molecule has 43 heavy (non-hydrogen) atoms. The van der Waals surface area contributed by atoms with Gasteiger partial charge in [0.25, 0.3) is 0 Å². The minimum Gasteiger partial charge on any atom is -1.00 e. The van der Waals surface area contributed by atoms with Gasteiger partial charge in [0.1, 0.15) is 0 Å². The molecule has 0 fully saturated rings. The van der Waals surface area contributed by atoms with Crippen molar-refractivity contribution in [2.24, 2.45) is 0 Å². The van der Waals surface area contributed by atoms with Crippen molar-refractivity contribution < 1.29 is 17.0 Å². The quantitative estimate of drug-likeness (QED) is 0.137. The van der Waals surface area contributed by atoms with Crippen molar-refractivity contribution in [3.05, 3.63) is 154 Å². The zero-order chi connectivity index (χ0) is 30.1. The van der Waals surface area contributed by atoms with Crippen LogP contribution in [0.15, 0.2) is 115 Å². The molecule has 0 bridgehead atoms. The second-order valence-corrected chi connectivity index (χ2v) is 13.8. The standard InChI is InChI=1S/C21H19BBr2.C9H11Br.C6H4Br.BrH.Mg/c1-14-12-15(2)21(16(3)13-14)22(17-4-8-19(23)9-5-17)18-6-10-20(24)11-7-18;1-6-4-7(2)9(10)8(3)5-6;7-6-4-2-1-3-5-6;;/h4-13H,1-3H3;4-5H,1-3H3;2-5H;1H;/q;;-1;;+2/p-1. The van der Waals surface area contributed by atoms with Gasteiger partial charge in [-0.25, -0.2) is 0 Å². The second-order valence-electron chi connectivity index (χ2n) is 10.3. The first kappa shape index (κ1) is 40.4. The third-order valence-electron chi connectivity index (χ3n) is 6.69. The molecule has 0 aliphatic rings. The van der Waals surface area contributed by atoms with Gasteiger partial charge in [-0.2, -0.15) is 30.3 Å². The van der Waals surface area contributed by atoms with Crippen LogP contribution in [0.25, 0.3) is 0 Å². The van der Waals surface area contributed by atoms with Gasteiger partial charge < -0.3 is 17.0 Å². The van der Waals surface area contributed by atoms with Gasteiger partial charge in [-0.05, 0) is 76.9 Å². The number of rotatable bonds is 3. The molecule has 5 rings (SSSR count). The molecule has 0 unspecified atom stereocenters. The smallest absolute Gasteiger partial charge is 1.00 e. The second kappa shape index (κ2) is 19.8. The van der Waals surface area contributed by atoms with Crippen LogP contribution in [0.3, 0.4) is 0 Å². The van der Waals surface area contributed by atoms with Crippen LogP contribution in [0.2, 0.25) is 0 Å². The summed E-state index contributed by atoms with van der Waals surface area (Å²) >= 11 is 13.9. The zero-order valence-corrected chi connectivity index (χ0v) is 34.8. The summed E-state index contributed by atoms with van der Waals surface area (Å²) in [5.74, 6) is 0. The van der Waals surface area contributed by atoms with Crippen molar-refractivity contribution in [3.8, 4) is 0 Å². The van der Waals surface area contributed by atoms with Crippen molar-refractivity contribution in [2.45, 2.75) is 41.5 Å². The molecule has 0 nitrogen and oxygen atoms in total. The van der Waals surface area contributed by atoms with Crippen molar-refractivity contribution in [2.75, 3.05) is 0 Å². The largest absolute Gasteiger partial charge is 2.00 e. The Hall–Kier alpha value is -0.669. The van der Waals surface area contributed by atoms with Crippen molar-refractivity contribution in [1.82, 2.24) is 0 Å². The molecule has 7 heteroatoms.